The summed E-state index contributed by atoms with van der Waals surface area (Å²) in [6, 6.07) is 7.40. The van der Waals surface area contributed by atoms with Crippen LogP contribution in [0.15, 0.2) is 24.3 Å². The van der Waals surface area contributed by atoms with Gasteiger partial charge in [0.05, 0.1) is 0 Å². The second-order valence-corrected chi connectivity index (χ2v) is 7.42. The van der Waals surface area contributed by atoms with Crippen LogP contribution in [0.2, 0.25) is 0 Å². The van der Waals surface area contributed by atoms with Crippen LogP contribution >= 0.6 is 22.6 Å². The molecule has 8 nitrogen and oxygen atoms in total. The van der Waals surface area contributed by atoms with Crippen molar-refractivity contribution in [3.05, 3.63) is 29.8 Å². The van der Waals surface area contributed by atoms with E-state index < -0.39 is 48.6 Å². The molecule has 2 rings (SSSR count). The van der Waals surface area contributed by atoms with Crippen molar-refractivity contribution in [1.82, 2.24) is 0 Å². The molecule has 0 N–H and O–H groups in total. The van der Waals surface area contributed by atoms with E-state index in [0.29, 0.717) is 10.2 Å². The Hall–Kier alpha value is -1.88. The minimum atomic E-state index is -1.12. The van der Waals surface area contributed by atoms with Crippen molar-refractivity contribution in [2.45, 2.75) is 64.8 Å². The lowest BCUT2D eigenvalue weighted by atomic mass is 9.98. The smallest absolute Gasteiger partial charge is 0.303 e. The normalized spacial score (nSPS) is 26.3. The topological polar surface area (TPSA) is 97.4 Å². The molecular weight excluding hydrogens is 495 g/mol. The molecule has 9 heteroatoms. The maximum Gasteiger partial charge on any atom is 0.303 e. The lowest BCUT2D eigenvalue weighted by Gasteiger charge is -2.43. The summed E-state index contributed by atoms with van der Waals surface area (Å²) in [6.45, 7) is 5.74. The minimum Gasteiger partial charge on any atom is -0.461 e. The molecule has 1 aromatic carbocycles. The summed E-state index contributed by atoms with van der Waals surface area (Å²) in [6.07, 6.45) is -3.94. The van der Waals surface area contributed by atoms with E-state index in [4.69, 9.17) is 23.7 Å². The number of rotatable bonds is 7. The maximum atomic E-state index is 11.7. The highest BCUT2D eigenvalue weighted by atomic mass is 127. The van der Waals surface area contributed by atoms with Crippen molar-refractivity contribution in [2.75, 3.05) is 4.43 Å². The van der Waals surface area contributed by atoms with Gasteiger partial charge >= 0.3 is 17.9 Å². The van der Waals surface area contributed by atoms with Gasteiger partial charge in [-0.05, 0) is 24.1 Å². The zero-order valence-corrected chi connectivity index (χ0v) is 18.9. The first-order valence-electron chi connectivity index (χ1n) is 9.23. The number of ether oxygens (including phenoxy) is 5. The first-order chi connectivity index (χ1) is 13.7. The Morgan fingerprint density at radius 1 is 0.897 bits per heavy atom. The van der Waals surface area contributed by atoms with E-state index in [1.807, 2.05) is 19.1 Å². The highest BCUT2D eigenvalue weighted by Gasteiger charge is 2.52. The van der Waals surface area contributed by atoms with Crippen molar-refractivity contribution in [1.29, 1.82) is 0 Å². The molecule has 1 heterocycles. The molecular formula is C20H25IO8. The van der Waals surface area contributed by atoms with E-state index in [0.717, 1.165) is 12.0 Å². The number of hydrogen-bond acceptors (Lipinski definition) is 8. The van der Waals surface area contributed by atoms with Crippen LogP contribution in [0.25, 0.3) is 0 Å². The van der Waals surface area contributed by atoms with E-state index in [2.05, 4.69) is 22.6 Å². The van der Waals surface area contributed by atoms with Crippen LogP contribution in [0.1, 0.15) is 33.3 Å². The molecule has 0 radical (unpaired) electrons. The van der Waals surface area contributed by atoms with Gasteiger partial charge in [0.25, 0.3) is 0 Å². The van der Waals surface area contributed by atoms with Crippen molar-refractivity contribution < 1.29 is 38.1 Å². The number of hydrogen-bond donors (Lipinski definition) is 0. The first kappa shape index (κ1) is 23.4. The van der Waals surface area contributed by atoms with E-state index in [9.17, 15) is 14.4 Å². The predicted octanol–water partition coefficient (Wildman–Crippen LogP) is 2.58. The summed E-state index contributed by atoms with van der Waals surface area (Å²) in [5.74, 6) is -1.28. The van der Waals surface area contributed by atoms with Gasteiger partial charge in [0, 0.05) is 25.2 Å². The van der Waals surface area contributed by atoms with Crippen LogP contribution in [0.3, 0.4) is 0 Å². The molecule has 0 saturated carbocycles. The third kappa shape index (κ3) is 6.56. The largest absolute Gasteiger partial charge is 0.461 e. The fourth-order valence-electron chi connectivity index (χ4n) is 3.01. The Labute approximate surface area is 183 Å². The van der Waals surface area contributed by atoms with E-state index in [1.54, 1.807) is 12.1 Å². The third-order valence-electron chi connectivity index (χ3n) is 4.23. The minimum absolute atomic E-state index is 0.425. The molecule has 1 aromatic rings. The Bertz CT molecular complexity index is 720. The van der Waals surface area contributed by atoms with Crippen LogP contribution in [-0.2, 0) is 39.8 Å². The van der Waals surface area contributed by atoms with Crippen LogP contribution in [-0.4, -0.2) is 53.0 Å². The van der Waals surface area contributed by atoms with Gasteiger partial charge in [0.1, 0.15) is 11.9 Å². The molecule has 5 atom stereocenters. The molecule has 0 aromatic heterocycles. The van der Waals surface area contributed by atoms with Crippen LogP contribution in [0.5, 0.6) is 5.75 Å². The number of esters is 3. The standard InChI is InChI=1S/C20H25IO8/c1-5-14-6-8-15(9-7-14)28-20-19(27-13(4)24)18(26-12(3)23)17(25-11(2)22)16(10-21)29-20/h6-9,16-20H,5,10H2,1-4H3/t16-,17-,18+,19-,20-/m1/s1. The molecule has 1 aliphatic rings. The average molecular weight is 520 g/mol. The van der Waals surface area contributed by atoms with Gasteiger partial charge in [-0.3, -0.25) is 14.4 Å². The van der Waals surface area contributed by atoms with Gasteiger partial charge in [0.2, 0.25) is 12.4 Å². The fourth-order valence-corrected chi connectivity index (χ4v) is 3.72. The highest BCUT2D eigenvalue weighted by Crippen LogP contribution is 2.31. The van der Waals surface area contributed by atoms with Gasteiger partial charge < -0.3 is 23.7 Å². The lowest BCUT2D eigenvalue weighted by Crippen LogP contribution is -2.63. The number of halogens is 1. The molecule has 0 spiro atoms. The van der Waals surface area contributed by atoms with E-state index in [-0.39, 0.29) is 0 Å². The predicted molar refractivity (Wildman–Crippen MR) is 111 cm³/mol. The molecule has 0 bridgehead atoms. The Morgan fingerprint density at radius 2 is 1.41 bits per heavy atom. The fraction of sp³-hybridized carbons (Fsp3) is 0.550. The van der Waals surface area contributed by atoms with E-state index >= 15 is 0 Å². The molecule has 1 aliphatic heterocycles. The second-order valence-electron chi connectivity index (χ2n) is 6.53. The molecule has 0 unspecified atom stereocenters. The van der Waals surface area contributed by atoms with Crippen LogP contribution in [0, 0.1) is 0 Å². The summed E-state index contributed by atoms with van der Waals surface area (Å²) < 4.78 is 28.4. The third-order valence-corrected chi connectivity index (χ3v) is 5.10. The summed E-state index contributed by atoms with van der Waals surface area (Å²) in [5, 5.41) is 0. The average Bonchev–Trinajstić information content (AvgIpc) is 2.65. The van der Waals surface area contributed by atoms with Crippen molar-refractivity contribution in [2.24, 2.45) is 0 Å². The summed E-state index contributed by atoms with van der Waals surface area (Å²) >= 11 is 2.08. The molecule has 1 fully saturated rings. The summed E-state index contributed by atoms with van der Waals surface area (Å²) in [5.41, 5.74) is 1.14. The zero-order chi connectivity index (χ0) is 21.6. The number of aryl methyl sites for hydroxylation is 1. The zero-order valence-electron chi connectivity index (χ0n) is 16.8. The molecule has 160 valence electrons. The van der Waals surface area contributed by atoms with Gasteiger partial charge in [-0.25, -0.2) is 0 Å². The van der Waals surface area contributed by atoms with Crippen LogP contribution < -0.4 is 4.74 Å². The number of carbonyl (C=O) groups excluding carboxylic acids is 3. The molecule has 0 aliphatic carbocycles. The van der Waals surface area contributed by atoms with Gasteiger partial charge in [-0.1, -0.05) is 41.6 Å². The van der Waals surface area contributed by atoms with Crippen molar-refractivity contribution in [3.8, 4) is 5.75 Å². The van der Waals surface area contributed by atoms with Gasteiger partial charge in [0.15, 0.2) is 12.2 Å². The Balaban J connectivity index is 2.37. The monoisotopic (exact) mass is 520 g/mol. The molecule has 0 amide bonds. The first-order valence-corrected chi connectivity index (χ1v) is 10.8. The number of benzene rings is 1. The maximum absolute atomic E-state index is 11.7. The lowest BCUT2D eigenvalue weighted by molar-refractivity contribution is -0.279. The molecule has 1 saturated heterocycles. The van der Waals surface area contributed by atoms with Crippen molar-refractivity contribution >= 4 is 40.5 Å². The Kier molecular flexibility index (Phi) is 8.69. The second kappa shape index (κ2) is 10.8. The highest BCUT2D eigenvalue weighted by molar-refractivity contribution is 14.1. The van der Waals surface area contributed by atoms with Crippen molar-refractivity contribution in [3.63, 3.8) is 0 Å². The quantitative estimate of drug-likeness (QED) is 0.234. The number of alkyl halides is 1. The summed E-state index contributed by atoms with van der Waals surface area (Å²) in [4.78, 5) is 35.0. The molecule has 29 heavy (non-hydrogen) atoms. The van der Waals surface area contributed by atoms with Gasteiger partial charge in [-0.15, -0.1) is 0 Å². The van der Waals surface area contributed by atoms with Crippen LogP contribution in [0.4, 0.5) is 0 Å². The van der Waals surface area contributed by atoms with E-state index in [1.165, 1.54) is 20.8 Å². The SMILES string of the molecule is CCc1ccc(O[C@@H]2O[C@H](CI)[C@@H](OC(C)=O)[C@H](OC(C)=O)[C@H]2OC(C)=O)cc1. The van der Waals surface area contributed by atoms with Gasteiger partial charge in [-0.2, -0.15) is 0 Å². The Morgan fingerprint density at radius 3 is 1.90 bits per heavy atom. The number of carbonyl (C=O) groups is 3. The summed E-state index contributed by atoms with van der Waals surface area (Å²) in [7, 11) is 0.